The Morgan fingerprint density at radius 2 is 1.28 bits per heavy atom. The lowest BCUT2D eigenvalue weighted by atomic mass is 9.79. The number of hydrogen-bond donors (Lipinski definition) is 4. The Balaban J connectivity index is 0.000000157. The maximum Gasteiger partial charge on any atom is 0.416 e. The minimum Gasteiger partial charge on any atom is -0.393 e. The fourth-order valence-electron chi connectivity index (χ4n) is 14.7. The van der Waals surface area contributed by atoms with E-state index in [1.165, 1.54) is 24.5 Å². The largest absolute Gasteiger partial charge is 0.416 e. The first-order valence-corrected chi connectivity index (χ1v) is 32.3. The predicted octanol–water partition coefficient (Wildman–Crippen LogP) is 10.9. The van der Waals surface area contributed by atoms with Gasteiger partial charge in [0.15, 0.2) is 11.6 Å². The highest BCUT2D eigenvalue weighted by atomic mass is 19.4. The third-order valence-electron chi connectivity index (χ3n) is 19.3. The molecule has 4 N–H and O–H groups in total. The number of aromatic nitrogens is 8. The number of hydrogen-bond acceptors (Lipinski definition) is 16. The van der Waals surface area contributed by atoms with Crippen LogP contribution in [0.4, 0.5) is 37.8 Å². The van der Waals surface area contributed by atoms with E-state index in [-0.39, 0.29) is 59.7 Å². The van der Waals surface area contributed by atoms with Crippen molar-refractivity contribution < 1.29 is 46.1 Å². The molecule has 7 aliphatic rings. The van der Waals surface area contributed by atoms with Crippen LogP contribution in [0.15, 0.2) is 129 Å². The number of amides is 2. The first-order chi connectivity index (χ1) is 44.4. The molecule has 7 aromatic rings. The van der Waals surface area contributed by atoms with Crippen molar-refractivity contribution in [3.05, 3.63) is 145 Å². The molecule has 488 valence electrons. The number of benzene rings is 2. The molecule has 5 aromatic heterocycles. The van der Waals surface area contributed by atoms with Crippen LogP contribution in [0.25, 0.3) is 33.7 Å². The molecule has 7 fully saturated rings. The lowest BCUT2D eigenvalue weighted by Gasteiger charge is -2.42. The summed E-state index contributed by atoms with van der Waals surface area (Å²) < 4.78 is 78.8. The molecule has 10 heterocycles. The maximum absolute atomic E-state index is 14.0. The quantitative estimate of drug-likeness (QED) is 0.0886. The summed E-state index contributed by atoms with van der Waals surface area (Å²) in [6.45, 7) is 6.37. The Bertz CT molecular complexity index is 3470. The van der Waals surface area contributed by atoms with E-state index in [2.05, 4.69) is 72.1 Å². The van der Waals surface area contributed by atoms with E-state index < -0.39 is 29.1 Å². The first kappa shape index (κ1) is 65.7. The summed E-state index contributed by atoms with van der Waals surface area (Å²) in [7, 11) is 0. The molecule has 0 spiro atoms. The molecule has 92 heavy (non-hydrogen) atoms. The molecule has 2 aliphatic carbocycles. The van der Waals surface area contributed by atoms with Crippen molar-refractivity contribution in [3.8, 4) is 22.8 Å². The number of aliphatic hydroxyl groups is 2. The smallest absolute Gasteiger partial charge is 0.393 e. The van der Waals surface area contributed by atoms with Crippen molar-refractivity contribution in [1.82, 2.24) is 59.9 Å². The highest BCUT2D eigenvalue weighted by Gasteiger charge is 2.51. The van der Waals surface area contributed by atoms with Crippen LogP contribution in [-0.4, -0.2) is 158 Å². The Labute approximate surface area is 531 Å². The molecular formula is C68H80F6N14O4. The third kappa shape index (κ3) is 15.8. The number of carbonyl (C=O) groups is 2. The van der Waals surface area contributed by atoms with Crippen molar-refractivity contribution in [2.24, 2.45) is 5.92 Å². The first-order valence-electron chi connectivity index (χ1n) is 32.3. The van der Waals surface area contributed by atoms with Crippen molar-refractivity contribution in [2.45, 2.75) is 170 Å². The van der Waals surface area contributed by atoms with Crippen LogP contribution in [0.1, 0.15) is 126 Å². The molecule has 5 saturated heterocycles. The van der Waals surface area contributed by atoms with Crippen LogP contribution in [0.3, 0.4) is 0 Å². The Hall–Kier alpha value is -7.80. The standard InChI is InChI=1S/C36H41F3N6O2.C15H15F3N4O.C9H7N3.C8H17NO/c37-36(38,39)25-3-1-4-27(21-25)45-28-6-7-29(45)20-24(19-28)34(46)44-18-12-30-31(44)11-17-43(30)26-9-13-35(47,14-10-26)32-8-5-23(22-42-32)33-40-15-2-16-41-33;16-15(17,18)10-3-4-12-11(7-10)14(21-9-20-12)19-8-13(23)22-5-1-2-6-22;1-3-8(7-10-4-1)9-11-5-2-6-12-9;1-2-9-7-3-5-8(10)6-4-7/h1-5,8,15-16,21-22,24,26,28-31,47H,6-7,9-14,17-20H2;3-4,7,9H,1-2,5-6,8H2,(H,19,20,21);1-7H;7-10H,2-6H2,1H3. The summed E-state index contributed by atoms with van der Waals surface area (Å²) in [4.78, 5) is 68.0. The zero-order valence-electron chi connectivity index (χ0n) is 51.6. The summed E-state index contributed by atoms with van der Waals surface area (Å²) in [5.74, 6) is 1.65. The summed E-state index contributed by atoms with van der Waals surface area (Å²) in [6.07, 6.45) is 19.0. The molecule has 2 aromatic carbocycles. The van der Waals surface area contributed by atoms with Crippen LogP contribution in [0.5, 0.6) is 0 Å². The number of nitrogens with one attached hydrogen (secondary N) is 2. The van der Waals surface area contributed by atoms with Crippen LogP contribution >= 0.6 is 0 Å². The molecule has 18 nitrogen and oxygen atoms in total. The summed E-state index contributed by atoms with van der Waals surface area (Å²) >= 11 is 0. The molecule has 4 unspecified atom stereocenters. The number of fused-ring (bicyclic) bond motifs is 4. The normalized spacial score (nSPS) is 25.4. The van der Waals surface area contributed by atoms with Crippen molar-refractivity contribution in [3.63, 3.8) is 0 Å². The minimum absolute atomic E-state index is 0.00234. The Kier molecular flexibility index (Phi) is 21.0. The van der Waals surface area contributed by atoms with Gasteiger partial charge < -0.3 is 35.5 Å². The van der Waals surface area contributed by atoms with E-state index in [9.17, 15) is 41.0 Å². The van der Waals surface area contributed by atoms with E-state index in [4.69, 9.17) is 5.11 Å². The highest BCUT2D eigenvalue weighted by Crippen LogP contribution is 2.46. The van der Waals surface area contributed by atoms with Crippen LogP contribution in [-0.2, 0) is 27.5 Å². The molecular weight excluding hydrogens is 1190 g/mol. The number of rotatable bonds is 11. The van der Waals surface area contributed by atoms with Gasteiger partial charge in [-0.1, -0.05) is 13.0 Å². The number of anilines is 2. The van der Waals surface area contributed by atoms with Gasteiger partial charge in [-0.05, 0) is 182 Å². The summed E-state index contributed by atoms with van der Waals surface area (Å²) in [5.41, 5.74) is 1.14. The SMILES string of the molecule is CCNC1CCC(O)CC1.O=C(C1CC2CCC(C1)N2c1cccc(C(F)(F)F)c1)N1CCC2C1CCN2C1CCC(O)(c2ccc(-c3ncccn3)cn2)CC1.O=C(CNc1ncnc2ccc(C(F)(F)F)cc12)N1CCCC1.c1cnc(-c2cccnc2)nc1. The van der Waals surface area contributed by atoms with Gasteiger partial charge in [0.1, 0.15) is 17.7 Å². The molecule has 2 amide bonds. The van der Waals surface area contributed by atoms with E-state index in [1.54, 1.807) is 66.5 Å². The second-order valence-corrected chi connectivity index (χ2v) is 25.0. The number of nitrogens with zero attached hydrogens (tertiary/aromatic N) is 12. The van der Waals surface area contributed by atoms with Crippen LogP contribution in [0, 0.1) is 5.92 Å². The van der Waals surface area contributed by atoms with Gasteiger partial charge in [0.2, 0.25) is 11.8 Å². The monoisotopic (exact) mass is 1270 g/mol. The summed E-state index contributed by atoms with van der Waals surface area (Å²) in [5, 5.41) is 27.2. The lowest BCUT2D eigenvalue weighted by Crippen LogP contribution is -2.50. The zero-order chi connectivity index (χ0) is 64.4. The number of aliphatic hydroxyl groups excluding tert-OH is 1. The topological polar surface area (TPSA) is 215 Å². The Morgan fingerprint density at radius 3 is 1.90 bits per heavy atom. The van der Waals surface area contributed by atoms with Gasteiger partial charge >= 0.3 is 12.4 Å². The van der Waals surface area contributed by atoms with E-state index in [0.717, 1.165) is 139 Å². The number of piperidine rings is 1. The van der Waals surface area contributed by atoms with Crippen molar-refractivity contribution in [1.29, 1.82) is 0 Å². The number of carbonyl (C=O) groups excluding carboxylic acids is 2. The van der Waals surface area contributed by atoms with E-state index in [0.29, 0.717) is 72.4 Å². The fraction of sp³-hybridized carbons (Fsp3) is 0.500. The highest BCUT2D eigenvalue weighted by molar-refractivity contribution is 5.91. The van der Waals surface area contributed by atoms with Gasteiger partial charge in [0, 0.05) is 134 Å². The van der Waals surface area contributed by atoms with Gasteiger partial charge in [-0.15, -0.1) is 0 Å². The van der Waals surface area contributed by atoms with Crippen LogP contribution < -0.4 is 15.5 Å². The van der Waals surface area contributed by atoms with E-state index >= 15 is 0 Å². The number of likely N-dealkylation sites (tertiary alicyclic amines) is 3. The second kappa shape index (κ2) is 29.4. The van der Waals surface area contributed by atoms with E-state index in [1.807, 2.05) is 24.3 Å². The van der Waals surface area contributed by atoms with Gasteiger partial charge in [-0.3, -0.25) is 24.5 Å². The predicted molar refractivity (Wildman–Crippen MR) is 336 cm³/mol. The maximum atomic E-state index is 14.0. The zero-order valence-corrected chi connectivity index (χ0v) is 51.6. The van der Waals surface area contributed by atoms with Gasteiger partial charge in [0.05, 0.1) is 35.0 Å². The molecule has 0 radical (unpaired) electrons. The lowest BCUT2D eigenvalue weighted by molar-refractivity contribution is -0.138. The average Bonchev–Trinajstić information content (AvgIpc) is 1.59. The second-order valence-electron chi connectivity index (χ2n) is 25.0. The summed E-state index contributed by atoms with van der Waals surface area (Å²) in [6, 6.07) is 22.0. The molecule has 24 heteroatoms. The average molecular weight is 1270 g/mol. The fourth-order valence-corrected chi connectivity index (χ4v) is 14.7. The van der Waals surface area contributed by atoms with Gasteiger partial charge in [-0.25, -0.2) is 29.9 Å². The number of pyridine rings is 2. The van der Waals surface area contributed by atoms with Crippen molar-refractivity contribution in [2.75, 3.05) is 49.5 Å². The Morgan fingerprint density at radius 1 is 0.630 bits per heavy atom. The van der Waals surface area contributed by atoms with Gasteiger partial charge in [-0.2, -0.15) is 26.3 Å². The molecule has 2 saturated carbocycles. The molecule has 5 aliphatic heterocycles. The van der Waals surface area contributed by atoms with Crippen LogP contribution in [0.2, 0.25) is 0 Å². The number of halogens is 6. The third-order valence-corrected chi connectivity index (χ3v) is 19.3. The molecule has 4 atom stereocenters. The minimum atomic E-state index is -4.44. The van der Waals surface area contributed by atoms with Crippen molar-refractivity contribution >= 4 is 34.2 Å². The molecule has 2 bridgehead atoms. The number of alkyl halides is 6. The molecule has 14 rings (SSSR count). The van der Waals surface area contributed by atoms with Gasteiger partial charge in [0.25, 0.3) is 0 Å².